The average Bonchev–Trinajstić information content (AvgIpc) is 2.88. The quantitative estimate of drug-likeness (QED) is 0.775. The molecule has 3 rings (SSSR count). The van der Waals surface area contributed by atoms with E-state index in [0.29, 0.717) is 18.9 Å². The van der Waals surface area contributed by atoms with E-state index in [1.54, 1.807) is 0 Å². The van der Waals surface area contributed by atoms with E-state index in [9.17, 15) is 9.59 Å². The number of rotatable bonds is 2. The Morgan fingerprint density at radius 3 is 2.75 bits per heavy atom. The Balaban J connectivity index is 1.66. The molecular formula is C16H26N2O2. The van der Waals surface area contributed by atoms with Crippen molar-refractivity contribution in [1.82, 2.24) is 9.80 Å². The van der Waals surface area contributed by atoms with Gasteiger partial charge in [-0.05, 0) is 37.5 Å². The maximum atomic E-state index is 12.7. The molecular weight excluding hydrogens is 252 g/mol. The molecule has 2 heterocycles. The first-order valence-corrected chi connectivity index (χ1v) is 8.23. The fourth-order valence-electron chi connectivity index (χ4n) is 4.24. The Morgan fingerprint density at radius 1 is 1.10 bits per heavy atom. The van der Waals surface area contributed by atoms with E-state index < -0.39 is 0 Å². The van der Waals surface area contributed by atoms with Gasteiger partial charge in [-0.25, -0.2) is 0 Å². The van der Waals surface area contributed by atoms with Crippen LogP contribution in [0.3, 0.4) is 0 Å². The molecule has 0 aromatic heterocycles. The molecule has 2 amide bonds. The maximum absolute atomic E-state index is 12.7. The van der Waals surface area contributed by atoms with Crippen molar-refractivity contribution in [2.24, 2.45) is 11.8 Å². The van der Waals surface area contributed by atoms with Crippen LogP contribution in [0.2, 0.25) is 0 Å². The molecule has 0 bridgehead atoms. The molecule has 3 unspecified atom stereocenters. The second-order valence-electron chi connectivity index (χ2n) is 6.92. The van der Waals surface area contributed by atoms with Gasteiger partial charge < -0.3 is 9.80 Å². The summed E-state index contributed by atoms with van der Waals surface area (Å²) in [6, 6.07) is -0.147. The zero-order valence-electron chi connectivity index (χ0n) is 12.5. The van der Waals surface area contributed by atoms with Crippen molar-refractivity contribution in [2.45, 2.75) is 57.9 Å². The second kappa shape index (κ2) is 5.74. The Labute approximate surface area is 121 Å². The predicted molar refractivity (Wildman–Crippen MR) is 77.1 cm³/mol. The molecule has 0 radical (unpaired) electrons. The van der Waals surface area contributed by atoms with Crippen molar-refractivity contribution in [3.63, 3.8) is 0 Å². The molecule has 0 aromatic carbocycles. The van der Waals surface area contributed by atoms with Crippen LogP contribution in [0.25, 0.3) is 0 Å². The van der Waals surface area contributed by atoms with Crippen molar-refractivity contribution in [3.05, 3.63) is 0 Å². The molecule has 20 heavy (non-hydrogen) atoms. The van der Waals surface area contributed by atoms with Gasteiger partial charge in [0.1, 0.15) is 6.04 Å². The van der Waals surface area contributed by atoms with Crippen LogP contribution in [-0.4, -0.2) is 47.3 Å². The lowest BCUT2D eigenvalue weighted by molar-refractivity contribution is -0.139. The zero-order chi connectivity index (χ0) is 14.1. The van der Waals surface area contributed by atoms with Crippen LogP contribution in [0.15, 0.2) is 0 Å². The van der Waals surface area contributed by atoms with Crippen LogP contribution >= 0.6 is 0 Å². The van der Waals surface area contributed by atoms with Gasteiger partial charge in [0.05, 0.1) is 0 Å². The summed E-state index contributed by atoms with van der Waals surface area (Å²) in [5.41, 5.74) is 0. The summed E-state index contributed by atoms with van der Waals surface area (Å²) in [6.07, 6.45) is 7.48. The Kier molecular flexibility index (Phi) is 3.99. The number of hydrogen-bond acceptors (Lipinski definition) is 2. The lowest BCUT2D eigenvalue weighted by Crippen LogP contribution is -2.45. The first kappa shape index (κ1) is 13.9. The Morgan fingerprint density at radius 2 is 1.95 bits per heavy atom. The first-order valence-electron chi connectivity index (χ1n) is 8.23. The van der Waals surface area contributed by atoms with Crippen molar-refractivity contribution < 1.29 is 9.59 Å². The van der Waals surface area contributed by atoms with Crippen LogP contribution in [0.4, 0.5) is 0 Å². The van der Waals surface area contributed by atoms with Gasteiger partial charge in [0, 0.05) is 26.1 Å². The molecule has 2 aliphatic heterocycles. The number of carbonyl (C=O) groups excluding carboxylic acids is 2. The average molecular weight is 278 g/mol. The molecule has 112 valence electrons. The maximum Gasteiger partial charge on any atom is 0.245 e. The molecule has 0 aromatic rings. The van der Waals surface area contributed by atoms with E-state index >= 15 is 0 Å². The summed E-state index contributed by atoms with van der Waals surface area (Å²) in [5, 5.41) is 0. The number of nitrogens with zero attached hydrogens (tertiary/aromatic N) is 2. The third kappa shape index (κ3) is 2.70. The standard InChI is InChI=1S/C16H26N2O2/c1-12-4-2-5-13(10-12)11-17-9-7-15(19)18-8-3-6-14(18)16(17)20/h12-14H,2-11H2,1H3. The van der Waals surface area contributed by atoms with Gasteiger partial charge >= 0.3 is 0 Å². The molecule has 0 N–H and O–H groups in total. The number of fused-ring (bicyclic) bond motifs is 1. The Bertz CT molecular complexity index is 396. The van der Waals surface area contributed by atoms with Crippen LogP contribution in [-0.2, 0) is 9.59 Å². The summed E-state index contributed by atoms with van der Waals surface area (Å²) in [6.45, 7) is 4.61. The van der Waals surface area contributed by atoms with Crippen molar-refractivity contribution >= 4 is 11.8 Å². The summed E-state index contributed by atoms with van der Waals surface area (Å²) >= 11 is 0. The third-order valence-corrected chi connectivity index (χ3v) is 5.29. The minimum atomic E-state index is -0.147. The van der Waals surface area contributed by atoms with Crippen LogP contribution in [0, 0.1) is 11.8 Å². The number of amides is 2. The van der Waals surface area contributed by atoms with E-state index in [-0.39, 0.29) is 17.9 Å². The smallest absolute Gasteiger partial charge is 0.245 e. The van der Waals surface area contributed by atoms with Crippen molar-refractivity contribution in [1.29, 1.82) is 0 Å². The largest absolute Gasteiger partial charge is 0.340 e. The molecule has 0 spiro atoms. The lowest BCUT2D eigenvalue weighted by Gasteiger charge is -2.32. The number of hydrogen-bond donors (Lipinski definition) is 0. The normalized spacial score (nSPS) is 35.1. The highest BCUT2D eigenvalue weighted by Gasteiger charge is 2.39. The molecule has 1 saturated carbocycles. The van der Waals surface area contributed by atoms with Crippen LogP contribution in [0.1, 0.15) is 51.9 Å². The Hall–Kier alpha value is -1.06. The van der Waals surface area contributed by atoms with Gasteiger partial charge in [0.25, 0.3) is 0 Å². The SMILES string of the molecule is CC1CCCC(CN2CCC(=O)N3CCCC3C2=O)C1. The van der Waals surface area contributed by atoms with Crippen LogP contribution < -0.4 is 0 Å². The molecule has 3 fully saturated rings. The third-order valence-electron chi connectivity index (χ3n) is 5.29. The molecule has 1 aliphatic carbocycles. The monoisotopic (exact) mass is 278 g/mol. The van der Waals surface area contributed by atoms with Gasteiger partial charge in [-0.2, -0.15) is 0 Å². The van der Waals surface area contributed by atoms with Crippen LogP contribution in [0.5, 0.6) is 0 Å². The van der Waals surface area contributed by atoms with Gasteiger partial charge in [-0.15, -0.1) is 0 Å². The minimum Gasteiger partial charge on any atom is -0.340 e. The minimum absolute atomic E-state index is 0.147. The highest BCUT2D eigenvalue weighted by atomic mass is 16.2. The summed E-state index contributed by atoms with van der Waals surface area (Å²) in [7, 11) is 0. The van der Waals surface area contributed by atoms with E-state index in [1.165, 1.54) is 25.7 Å². The van der Waals surface area contributed by atoms with Gasteiger partial charge in [-0.1, -0.05) is 19.8 Å². The summed E-state index contributed by atoms with van der Waals surface area (Å²) < 4.78 is 0. The highest BCUT2D eigenvalue weighted by Crippen LogP contribution is 2.30. The second-order valence-corrected chi connectivity index (χ2v) is 6.92. The van der Waals surface area contributed by atoms with E-state index in [1.807, 2.05) is 9.80 Å². The fraction of sp³-hybridized carbons (Fsp3) is 0.875. The van der Waals surface area contributed by atoms with Gasteiger partial charge in [-0.3, -0.25) is 9.59 Å². The van der Waals surface area contributed by atoms with Crippen molar-refractivity contribution in [2.75, 3.05) is 19.6 Å². The molecule has 4 nitrogen and oxygen atoms in total. The molecule has 3 atom stereocenters. The fourth-order valence-corrected chi connectivity index (χ4v) is 4.24. The van der Waals surface area contributed by atoms with E-state index in [4.69, 9.17) is 0 Å². The molecule has 3 aliphatic rings. The molecule has 4 heteroatoms. The predicted octanol–water partition coefficient (Wildman–Crippen LogP) is 2.04. The highest BCUT2D eigenvalue weighted by molar-refractivity contribution is 5.90. The topological polar surface area (TPSA) is 40.6 Å². The van der Waals surface area contributed by atoms with E-state index in [0.717, 1.165) is 31.8 Å². The summed E-state index contributed by atoms with van der Waals surface area (Å²) in [5.74, 6) is 1.83. The van der Waals surface area contributed by atoms with Crippen molar-refractivity contribution in [3.8, 4) is 0 Å². The van der Waals surface area contributed by atoms with Gasteiger partial charge in [0.15, 0.2) is 0 Å². The van der Waals surface area contributed by atoms with E-state index in [2.05, 4.69) is 6.92 Å². The number of carbonyl (C=O) groups is 2. The lowest BCUT2D eigenvalue weighted by atomic mass is 9.82. The summed E-state index contributed by atoms with van der Waals surface area (Å²) in [4.78, 5) is 28.6. The first-order chi connectivity index (χ1) is 9.65. The zero-order valence-corrected chi connectivity index (χ0v) is 12.5. The molecule has 2 saturated heterocycles. The van der Waals surface area contributed by atoms with Gasteiger partial charge in [0.2, 0.25) is 11.8 Å².